The molecular weight excluding hydrogens is 150 g/mol. The van der Waals surface area contributed by atoms with Crippen molar-refractivity contribution in [2.75, 3.05) is 5.73 Å². The van der Waals surface area contributed by atoms with Gasteiger partial charge in [-0.25, -0.2) is 0 Å². The molecule has 1 aromatic carbocycles. The van der Waals surface area contributed by atoms with Gasteiger partial charge in [-0.1, -0.05) is 12.1 Å². The van der Waals surface area contributed by atoms with Gasteiger partial charge in [-0.3, -0.25) is 4.79 Å². The normalized spacial score (nSPS) is 9.83. The van der Waals surface area contributed by atoms with E-state index in [2.05, 4.69) is 0 Å². The zero-order chi connectivity index (χ0) is 9.14. The van der Waals surface area contributed by atoms with Gasteiger partial charge in [0.05, 0.1) is 0 Å². The van der Waals surface area contributed by atoms with Gasteiger partial charge < -0.3 is 5.73 Å². The maximum atomic E-state index is 10.8. The number of hydrogen-bond donors (Lipinski definition) is 1. The first kappa shape index (κ1) is 8.78. The smallest absolute Gasteiger partial charge is 0.134 e. The number of ketones is 1. The molecule has 1 aromatic rings. The molecule has 2 N–H and O–H groups in total. The summed E-state index contributed by atoms with van der Waals surface area (Å²) in [4.78, 5) is 10.8. The van der Waals surface area contributed by atoms with E-state index in [-0.39, 0.29) is 5.78 Å². The fourth-order valence-electron chi connectivity index (χ4n) is 1.14. The highest BCUT2D eigenvalue weighted by molar-refractivity contribution is 5.79. The zero-order valence-corrected chi connectivity index (χ0v) is 7.42. The molecule has 0 saturated carbocycles. The molecule has 0 radical (unpaired) electrons. The van der Waals surface area contributed by atoms with Crippen molar-refractivity contribution in [3.8, 4) is 0 Å². The molecule has 1 rings (SSSR count). The summed E-state index contributed by atoms with van der Waals surface area (Å²) in [6.45, 7) is 3.55. The molecule has 0 spiro atoms. The summed E-state index contributed by atoms with van der Waals surface area (Å²) < 4.78 is 0. The lowest BCUT2D eigenvalue weighted by Crippen LogP contribution is -2.00. The third kappa shape index (κ3) is 2.09. The van der Waals surface area contributed by atoms with Crippen LogP contribution in [0.2, 0.25) is 0 Å². The minimum atomic E-state index is 0.144. The molecular formula is C10H13NO. The van der Waals surface area contributed by atoms with Crippen molar-refractivity contribution in [3.05, 3.63) is 29.3 Å². The van der Waals surface area contributed by atoms with Crippen LogP contribution in [0.3, 0.4) is 0 Å². The number of carbonyl (C=O) groups is 1. The van der Waals surface area contributed by atoms with Gasteiger partial charge in [-0.15, -0.1) is 0 Å². The van der Waals surface area contributed by atoms with Crippen LogP contribution in [-0.4, -0.2) is 5.78 Å². The van der Waals surface area contributed by atoms with E-state index in [1.807, 2.05) is 25.1 Å². The lowest BCUT2D eigenvalue weighted by molar-refractivity contribution is -0.116. The second-order valence-electron chi connectivity index (χ2n) is 3.08. The monoisotopic (exact) mass is 163 g/mol. The number of benzene rings is 1. The summed E-state index contributed by atoms with van der Waals surface area (Å²) >= 11 is 0. The molecule has 0 aromatic heterocycles. The van der Waals surface area contributed by atoms with Gasteiger partial charge in [0, 0.05) is 12.1 Å². The number of hydrogen-bond acceptors (Lipinski definition) is 2. The van der Waals surface area contributed by atoms with Crippen LogP contribution < -0.4 is 5.73 Å². The fraction of sp³-hybridized carbons (Fsp3) is 0.300. The molecule has 0 fully saturated rings. The van der Waals surface area contributed by atoms with Gasteiger partial charge in [-0.2, -0.15) is 0 Å². The first-order chi connectivity index (χ1) is 5.59. The van der Waals surface area contributed by atoms with E-state index >= 15 is 0 Å². The van der Waals surface area contributed by atoms with Crippen LogP contribution in [0.15, 0.2) is 18.2 Å². The third-order valence-corrected chi connectivity index (χ3v) is 1.74. The summed E-state index contributed by atoms with van der Waals surface area (Å²) in [5, 5.41) is 0. The molecule has 0 unspecified atom stereocenters. The molecule has 0 aliphatic heterocycles. The topological polar surface area (TPSA) is 43.1 Å². The van der Waals surface area contributed by atoms with Crippen molar-refractivity contribution >= 4 is 11.5 Å². The molecule has 0 saturated heterocycles. The molecule has 2 heteroatoms. The van der Waals surface area contributed by atoms with E-state index in [1.54, 1.807) is 6.92 Å². The Morgan fingerprint density at radius 2 is 2.17 bits per heavy atom. The highest BCUT2D eigenvalue weighted by Gasteiger charge is 2.01. The quantitative estimate of drug-likeness (QED) is 0.674. The lowest BCUT2D eigenvalue weighted by atomic mass is 10.1. The van der Waals surface area contributed by atoms with Crippen LogP contribution in [0.5, 0.6) is 0 Å². The Hall–Kier alpha value is -1.31. The van der Waals surface area contributed by atoms with Gasteiger partial charge in [0.25, 0.3) is 0 Å². The Kier molecular flexibility index (Phi) is 2.48. The van der Waals surface area contributed by atoms with Crippen LogP contribution in [0, 0.1) is 6.92 Å². The highest BCUT2D eigenvalue weighted by atomic mass is 16.1. The summed E-state index contributed by atoms with van der Waals surface area (Å²) in [7, 11) is 0. The summed E-state index contributed by atoms with van der Waals surface area (Å²) in [6, 6.07) is 5.76. The van der Waals surface area contributed by atoms with Gasteiger partial charge in [0.1, 0.15) is 5.78 Å². The van der Waals surface area contributed by atoms with E-state index in [0.717, 1.165) is 11.1 Å². The minimum absolute atomic E-state index is 0.144. The molecule has 0 heterocycles. The van der Waals surface area contributed by atoms with Crippen molar-refractivity contribution in [3.63, 3.8) is 0 Å². The second kappa shape index (κ2) is 3.39. The number of Topliss-reactive ketones (excluding diaryl/α,β-unsaturated/α-hetero) is 1. The van der Waals surface area contributed by atoms with Crippen molar-refractivity contribution in [1.82, 2.24) is 0 Å². The first-order valence-electron chi connectivity index (χ1n) is 3.94. The predicted molar refractivity (Wildman–Crippen MR) is 50.0 cm³/mol. The average molecular weight is 163 g/mol. The Balaban J connectivity index is 2.93. The minimum Gasteiger partial charge on any atom is -0.398 e. The van der Waals surface area contributed by atoms with Crippen LogP contribution in [-0.2, 0) is 11.2 Å². The van der Waals surface area contributed by atoms with Gasteiger partial charge >= 0.3 is 0 Å². The molecule has 12 heavy (non-hydrogen) atoms. The summed E-state index contributed by atoms with van der Waals surface area (Å²) in [6.07, 6.45) is 0.437. The number of rotatable bonds is 2. The molecule has 0 bridgehead atoms. The van der Waals surface area contributed by atoms with Crippen LogP contribution >= 0.6 is 0 Å². The molecule has 2 nitrogen and oxygen atoms in total. The number of anilines is 1. The maximum Gasteiger partial charge on any atom is 0.134 e. The van der Waals surface area contributed by atoms with Crippen molar-refractivity contribution in [2.24, 2.45) is 0 Å². The van der Waals surface area contributed by atoms with E-state index in [4.69, 9.17) is 5.73 Å². The number of nitrogens with two attached hydrogens (primary N) is 1. The van der Waals surface area contributed by atoms with Gasteiger partial charge in [0.2, 0.25) is 0 Å². The van der Waals surface area contributed by atoms with Crippen LogP contribution in [0.25, 0.3) is 0 Å². The second-order valence-corrected chi connectivity index (χ2v) is 3.08. The summed E-state index contributed by atoms with van der Waals surface area (Å²) in [5.74, 6) is 0.144. The standard InChI is InChI=1S/C10H13NO/c1-7-3-4-9(6-8(2)12)10(11)5-7/h3-5H,6,11H2,1-2H3. The largest absolute Gasteiger partial charge is 0.398 e. The van der Waals surface area contributed by atoms with Gasteiger partial charge in [-0.05, 0) is 31.0 Å². The van der Waals surface area contributed by atoms with E-state index in [0.29, 0.717) is 12.1 Å². The van der Waals surface area contributed by atoms with Crippen molar-refractivity contribution in [2.45, 2.75) is 20.3 Å². The molecule has 0 atom stereocenters. The third-order valence-electron chi connectivity index (χ3n) is 1.74. The zero-order valence-electron chi connectivity index (χ0n) is 7.42. The lowest BCUT2D eigenvalue weighted by Gasteiger charge is -2.03. The van der Waals surface area contributed by atoms with E-state index < -0.39 is 0 Å². The van der Waals surface area contributed by atoms with Crippen LogP contribution in [0.4, 0.5) is 5.69 Å². The van der Waals surface area contributed by atoms with E-state index in [9.17, 15) is 4.79 Å². The SMILES string of the molecule is CC(=O)Cc1ccc(C)cc1N. The maximum absolute atomic E-state index is 10.8. The Morgan fingerprint density at radius 1 is 1.50 bits per heavy atom. The fourth-order valence-corrected chi connectivity index (χ4v) is 1.14. The predicted octanol–water partition coefficient (Wildman–Crippen LogP) is 1.71. The van der Waals surface area contributed by atoms with Gasteiger partial charge in [0.15, 0.2) is 0 Å². The molecule has 64 valence electrons. The number of nitrogen functional groups attached to an aromatic ring is 1. The Labute approximate surface area is 72.4 Å². The van der Waals surface area contributed by atoms with E-state index in [1.165, 1.54) is 0 Å². The molecule has 0 aliphatic rings. The summed E-state index contributed by atoms with van der Waals surface area (Å²) in [5.41, 5.74) is 8.48. The Bertz CT molecular complexity index is 305. The van der Waals surface area contributed by atoms with Crippen LogP contribution in [0.1, 0.15) is 18.1 Å². The first-order valence-corrected chi connectivity index (χ1v) is 3.94. The number of carbonyl (C=O) groups excluding carboxylic acids is 1. The average Bonchev–Trinajstić information content (AvgIpc) is 1.94. The number of aryl methyl sites for hydroxylation is 1. The Morgan fingerprint density at radius 3 is 2.67 bits per heavy atom. The van der Waals surface area contributed by atoms with Crippen molar-refractivity contribution in [1.29, 1.82) is 0 Å². The molecule has 0 amide bonds. The van der Waals surface area contributed by atoms with Crippen molar-refractivity contribution < 1.29 is 4.79 Å². The highest BCUT2D eigenvalue weighted by Crippen LogP contribution is 2.14. The molecule has 0 aliphatic carbocycles.